The quantitative estimate of drug-likeness (QED) is 0.840. The first-order valence-electron chi connectivity index (χ1n) is 7.97. The van der Waals surface area contributed by atoms with Crippen LogP contribution in [0, 0.1) is 0 Å². The second kappa shape index (κ2) is 7.11. The van der Waals surface area contributed by atoms with Crippen molar-refractivity contribution in [2.45, 2.75) is 12.5 Å². The highest BCUT2D eigenvalue weighted by Gasteiger charge is 2.27. The Labute approximate surface area is 147 Å². The summed E-state index contributed by atoms with van der Waals surface area (Å²) in [7, 11) is 6.41. The maximum Gasteiger partial charge on any atom is 0.203 e. The molecule has 0 spiro atoms. The molecule has 1 unspecified atom stereocenters. The molecule has 0 bridgehead atoms. The summed E-state index contributed by atoms with van der Waals surface area (Å²) in [6, 6.07) is 7.83. The Morgan fingerprint density at radius 1 is 0.920 bits per heavy atom. The number of nitrogen functional groups attached to an aromatic ring is 1. The fourth-order valence-electron chi connectivity index (χ4n) is 3.27. The van der Waals surface area contributed by atoms with Gasteiger partial charge in [-0.3, -0.25) is 0 Å². The number of rotatable bonds is 5. The van der Waals surface area contributed by atoms with Gasteiger partial charge in [-0.15, -0.1) is 0 Å². The highest BCUT2D eigenvalue weighted by atomic mass is 16.5. The molecule has 0 aromatic heterocycles. The number of ether oxygens (including phenoxy) is 5. The van der Waals surface area contributed by atoms with E-state index in [-0.39, 0.29) is 5.92 Å². The number of benzene rings is 2. The largest absolute Gasteiger partial charge is 0.495 e. The fourth-order valence-corrected chi connectivity index (χ4v) is 3.27. The zero-order chi connectivity index (χ0) is 18.0. The first-order chi connectivity index (χ1) is 12.1. The predicted octanol–water partition coefficient (Wildman–Crippen LogP) is 2.97. The van der Waals surface area contributed by atoms with E-state index in [4.69, 9.17) is 29.4 Å². The average Bonchev–Trinajstić information content (AvgIpc) is 2.66. The van der Waals surface area contributed by atoms with Crippen LogP contribution in [0.25, 0.3) is 0 Å². The van der Waals surface area contributed by atoms with Gasteiger partial charge in [0.1, 0.15) is 5.75 Å². The van der Waals surface area contributed by atoms with E-state index >= 15 is 0 Å². The zero-order valence-corrected chi connectivity index (χ0v) is 14.9. The van der Waals surface area contributed by atoms with Crippen LogP contribution in [-0.2, 0) is 11.3 Å². The summed E-state index contributed by atoms with van der Waals surface area (Å²) < 4.78 is 27.5. The van der Waals surface area contributed by atoms with E-state index in [0.29, 0.717) is 41.9 Å². The summed E-state index contributed by atoms with van der Waals surface area (Å²) in [5.41, 5.74) is 9.96. The highest BCUT2D eigenvalue weighted by Crippen LogP contribution is 2.44. The summed E-state index contributed by atoms with van der Waals surface area (Å²) in [6.45, 7) is 1.02. The Morgan fingerprint density at radius 3 is 2.12 bits per heavy atom. The van der Waals surface area contributed by atoms with Gasteiger partial charge < -0.3 is 29.4 Å². The molecule has 3 rings (SSSR count). The fraction of sp³-hybridized carbons (Fsp3) is 0.368. The lowest BCUT2D eigenvalue weighted by Gasteiger charge is -2.28. The standard InChI is InChI=1S/C19H23NO5/c1-21-15-6-5-12-13(9-25-10-14(12)18(15)20)11-7-16(22-2)19(24-4)17(8-11)23-3/h5-8,13H,9-10,20H2,1-4H3. The normalized spacial score (nSPS) is 16.1. The molecule has 0 saturated heterocycles. The molecular weight excluding hydrogens is 322 g/mol. The second-order valence-electron chi connectivity index (χ2n) is 5.78. The minimum Gasteiger partial charge on any atom is -0.495 e. The number of hydrogen-bond acceptors (Lipinski definition) is 6. The third-order valence-electron chi connectivity index (χ3n) is 4.57. The van der Waals surface area contributed by atoms with Gasteiger partial charge in [-0.1, -0.05) is 6.07 Å². The van der Waals surface area contributed by atoms with Crippen LogP contribution in [0.4, 0.5) is 5.69 Å². The van der Waals surface area contributed by atoms with Crippen molar-refractivity contribution in [2.24, 2.45) is 0 Å². The topological polar surface area (TPSA) is 72.2 Å². The molecule has 25 heavy (non-hydrogen) atoms. The monoisotopic (exact) mass is 345 g/mol. The number of fused-ring (bicyclic) bond motifs is 1. The van der Waals surface area contributed by atoms with Crippen LogP contribution < -0.4 is 24.7 Å². The van der Waals surface area contributed by atoms with Gasteiger partial charge in [-0.2, -0.15) is 0 Å². The van der Waals surface area contributed by atoms with Crippen molar-refractivity contribution in [1.29, 1.82) is 0 Å². The molecule has 0 aliphatic carbocycles. The molecule has 0 saturated carbocycles. The van der Waals surface area contributed by atoms with E-state index in [1.54, 1.807) is 28.4 Å². The smallest absolute Gasteiger partial charge is 0.203 e. The lowest BCUT2D eigenvalue weighted by Crippen LogP contribution is -2.19. The average molecular weight is 345 g/mol. The van der Waals surface area contributed by atoms with Crippen LogP contribution in [-0.4, -0.2) is 35.0 Å². The lowest BCUT2D eigenvalue weighted by molar-refractivity contribution is 0.0996. The Hall–Kier alpha value is -2.60. The van der Waals surface area contributed by atoms with Gasteiger partial charge in [0.15, 0.2) is 11.5 Å². The molecule has 2 aromatic carbocycles. The molecule has 1 heterocycles. The van der Waals surface area contributed by atoms with E-state index in [2.05, 4.69) is 0 Å². The molecule has 1 aliphatic heterocycles. The van der Waals surface area contributed by atoms with Gasteiger partial charge in [-0.05, 0) is 29.3 Å². The number of hydrogen-bond donors (Lipinski definition) is 1. The third kappa shape index (κ3) is 2.93. The summed E-state index contributed by atoms with van der Waals surface area (Å²) in [6.07, 6.45) is 0. The van der Waals surface area contributed by atoms with Crippen molar-refractivity contribution in [1.82, 2.24) is 0 Å². The van der Waals surface area contributed by atoms with E-state index < -0.39 is 0 Å². The molecule has 1 aliphatic rings. The molecule has 0 amide bonds. The molecule has 134 valence electrons. The minimum atomic E-state index is 0.0191. The number of anilines is 1. The molecule has 0 radical (unpaired) electrons. The Bertz CT molecular complexity index is 750. The summed E-state index contributed by atoms with van der Waals surface area (Å²) in [5.74, 6) is 2.48. The Balaban J connectivity index is 2.12. The maximum absolute atomic E-state index is 6.24. The summed E-state index contributed by atoms with van der Waals surface area (Å²) in [5, 5.41) is 0. The zero-order valence-electron chi connectivity index (χ0n) is 14.9. The maximum atomic E-state index is 6.24. The van der Waals surface area contributed by atoms with E-state index in [1.807, 2.05) is 24.3 Å². The molecule has 6 nitrogen and oxygen atoms in total. The Kier molecular flexibility index (Phi) is 4.90. The molecular formula is C19H23NO5. The van der Waals surface area contributed by atoms with Crippen molar-refractivity contribution >= 4 is 5.69 Å². The molecule has 2 aromatic rings. The molecule has 2 N–H and O–H groups in total. The lowest BCUT2D eigenvalue weighted by atomic mass is 9.86. The van der Waals surface area contributed by atoms with Gasteiger partial charge in [0.25, 0.3) is 0 Å². The first kappa shape index (κ1) is 17.2. The molecule has 1 atom stereocenters. The SMILES string of the molecule is COc1ccc2c(c1N)COCC2c1cc(OC)c(OC)c(OC)c1. The van der Waals surface area contributed by atoms with Crippen molar-refractivity contribution < 1.29 is 23.7 Å². The van der Waals surface area contributed by atoms with Crippen molar-refractivity contribution in [3.05, 3.63) is 41.0 Å². The number of methoxy groups -OCH3 is 4. The highest BCUT2D eigenvalue weighted by molar-refractivity contribution is 5.64. The Morgan fingerprint density at radius 2 is 1.56 bits per heavy atom. The molecule has 0 fully saturated rings. The summed E-state index contributed by atoms with van der Waals surface area (Å²) >= 11 is 0. The first-order valence-corrected chi connectivity index (χ1v) is 7.97. The van der Waals surface area contributed by atoms with Crippen LogP contribution in [0.2, 0.25) is 0 Å². The van der Waals surface area contributed by atoms with Gasteiger partial charge in [0.2, 0.25) is 5.75 Å². The summed E-state index contributed by atoms with van der Waals surface area (Å²) in [4.78, 5) is 0. The van der Waals surface area contributed by atoms with Crippen molar-refractivity contribution in [2.75, 3.05) is 40.8 Å². The van der Waals surface area contributed by atoms with Crippen LogP contribution in [0.3, 0.4) is 0 Å². The van der Waals surface area contributed by atoms with Crippen LogP contribution in [0.15, 0.2) is 24.3 Å². The van der Waals surface area contributed by atoms with E-state index in [9.17, 15) is 0 Å². The number of nitrogens with two attached hydrogens (primary N) is 1. The molecule has 6 heteroatoms. The van der Waals surface area contributed by atoms with E-state index in [1.165, 1.54) is 0 Å². The third-order valence-corrected chi connectivity index (χ3v) is 4.57. The van der Waals surface area contributed by atoms with Gasteiger partial charge >= 0.3 is 0 Å². The van der Waals surface area contributed by atoms with Crippen LogP contribution in [0.5, 0.6) is 23.0 Å². The second-order valence-corrected chi connectivity index (χ2v) is 5.78. The minimum absolute atomic E-state index is 0.0191. The van der Waals surface area contributed by atoms with Crippen molar-refractivity contribution in [3.8, 4) is 23.0 Å². The van der Waals surface area contributed by atoms with E-state index in [0.717, 1.165) is 16.7 Å². The van der Waals surface area contributed by atoms with Crippen LogP contribution in [0.1, 0.15) is 22.6 Å². The predicted molar refractivity (Wildman–Crippen MR) is 95.0 cm³/mol. The van der Waals surface area contributed by atoms with Crippen molar-refractivity contribution in [3.63, 3.8) is 0 Å². The van der Waals surface area contributed by atoms with Gasteiger partial charge in [0, 0.05) is 11.5 Å². The van der Waals surface area contributed by atoms with Gasteiger partial charge in [0.05, 0.1) is 47.3 Å². The van der Waals surface area contributed by atoms with Gasteiger partial charge in [-0.25, -0.2) is 0 Å². The van der Waals surface area contributed by atoms with Crippen LogP contribution >= 0.6 is 0 Å².